The van der Waals surface area contributed by atoms with Crippen LogP contribution in [-0.4, -0.2) is 0 Å². The SMILES string of the molecule is NC(CCc1ccc(I)cc1)c1ccccc1. The first-order valence-electron chi connectivity index (χ1n) is 5.80. The van der Waals surface area contributed by atoms with Crippen LogP contribution in [0, 0.1) is 3.57 Å². The van der Waals surface area contributed by atoms with Crippen LogP contribution in [0.5, 0.6) is 0 Å². The number of hydrogen-bond acceptors (Lipinski definition) is 1. The minimum Gasteiger partial charge on any atom is -0.324 e. The summed E-state index contributed by atoms with van der Waals surface area (Å²) in [6, 6.07) is 19.1. The van der Waals surface area contributed by atoms with Crippen LogP contribution in [-0.2, 0) is 6.42 Å². The van der Waals surface area contributed by atoms with Gasteiger partial charge in [0.15, 0.2) is 0 Å². The number of rotatable bonds is 4. The van der Waals surface area contributed by atoms with E-state index in [0.717, 1.165) is 12.8 Å². The van der Waals surface area contributed by atoms with Crippen molar-refractivity contribution in [3.05, 3.63) is 69.3 Å². The first-order valence-corrected chi connectivity index (χ1v) is 6.88. The molecule has 0 spiro atoms. The summed E-state index contributed by atoms with van der Waals surface area (Å²) in [6.07, 6.45) is 2.03. The van der Waals surface area contributed by atoms with Gasteiger partial charge in [-0.1, -0.05) is 42.5 Å². The topological polar surface area (TPSA) is 26.0 Å². The maximum Gasteiger partial charge on any atom is 0.0298 e. The third-order valence-electron chi connectivity index (χ3n) is 2.88. The molecule has 2 aromatic rings. The normalized spacial score (nSPS) is 12.4. The van der Waals surface area contributed by atoms with Crippen LogP contribution >= 0.6 is 22.6 Å². The molecule has 0 aromatic heterocycles. The smallest absolute Gasteiger partial charge is 0.0298 e. The Morgan fingerprint density at radius 1 is 0.941 bits per heavy atom. The van der Waals surface area contributed by atoms with Gasteiger partial charge in [0.2, 0.25) is 0 Å². The van der Waals surface area contributed by atoms with E-state index in [4.69, 9.17) is 5.73 Å². The molecular weight excluding hydrogens is 321 g/mol. The average Bonchev–Trinajstić information content (AvgIpc) is 2.39. The van der Waals surface area contributed by atoms with Gasteiger partial charge in [0.1, 0.15) is 0 Å². The molecule has 0 amide bonds. The van der Waals surface area contributed by atoms with Gasteiger partial charge in [-0.15, -0.1) is 0 Å². The monoisotopic (exact) mass is 337 g/mol. The van der Waals surface area contributed by atoms with Crippen LogP contribution in [0.3, 0.4) is 0 Å². The third-order valence-corrected chi connectivity index (χ3v) is 3.60. The standard InChI is InChI=1S/C15H16IN/c16-14-9-6-12(7-10-14)8-11-15(17)13-4-2-1-3-5-13/h1-7,9-10,15H,8,11,17H2. The zero-order chi connectivity index (χ0) is 12.1. The van der Waals surface area contributed by atoms with Crippen molar-refractivity contribution >= 4 is 22.6 Å². The largest absolute Gasteiger partial charge is 0.324 e. The zero-order valence-electron chi connectivity index (χ0n) is 9.64. The van der Waals surface area contributed by atoms with Gasteiger partial charge in [0.25, 0.3) is 0 Å². The van der Waals surface area contributed by atoms with Gasteiger partial charge in [-0.3, -0.25) is 0 Å². The van der Waals surface area contributed by atoms with Gasteiger partial charge >= 0.3 is 0 Å². The lowest BCUT2D eigenvalue weighted by Crippen LogP contribution is -2.11. The van der Waals surface area contributed by atoms with Crippen molar-refractivity contribution in [3.8, 4) is 0 Å². The number of benzene rings is 2. The van der Waals surface area contributed by atoms with E-state index in [0.29, 0.717) is 0 Å². The first kappa shape index (κ1) is 12.6. The predicted molar refractivity (Wildman–Crippen MR) is 80.9 cm³/mol. The fraction of sp³-hybridized carbons (Fsp3) is 0.200. The molecule has 2 heteroatoms. The van der Waals surface area contributed by atoms with E-state index in [1.165, 1.54) is 14.7 Å². The van der Waals surface area contributed by atoms with E-state index in [-0.39, 0.29) is 6.04 Å². The summed E-state index contributed by atoms with van der Waals surface area (Å²) in [5.41, 5.74) is 8.75. The Morgan fingerprint density at radius 3 is 2.24 bits per heavy atom. The Hall–Kier alpha value is -0.870. The lowest BCUT2D eigenvalue weighted by molar-refractivity contribution is 0.651. The van der Waals surface area contributed by atoms with E-state index in [9.17, 15) is 0 Å². The third kappa shape index (κ3) is 3.82. The second-order valence-corrected chi connectivity index (χ2v) is 5.43. The Kier molecular flexibility index (Phi) is 4.57. The highest BCUT2D eigenvalue weighted by atomic mass is 127. The van der Waals surface area contributed by atoms with Crippen LogP contribution in [0.4, 0.5) is 0 Å². The summed E-state index contributed by atoms with van der Waals surface area (Å²) in [4.78, 5) is 0. The van der Waals surface area contributed by atoms with E-state index in [1.807, 2.05) is 18.2 Å². The summed E-state index contributed by atoms with van der Waals surface area (Å²) in [5, 5.41) is 0. The minimum atomic E-state index is 0.135. The van der Waals surface area contributed by atoms with E-state index in [2.05, 4.69) is 59.0 Å². The lowest BCUT2D eigenvalue weighted by atomic mass is 10.00. The fourth-order valence-electron chi connectivity index (χ4n) is 1.84. The zero-order valence-corrected chi connectivity index (χ0v) is 11.8. The maximum atomic E-state index is 6.17. The highest BCUT2D eigenvalue weighted by Crippen LogP contribution is 2.17. The van der Waals surface area contributed by atoms with Gasteiger partial charge in [-0.05, 0) is 58.7 Å². The second kappa shape index (κ2) is 6.17. The molecule has 0 saturated carbocycles. The molecule has 1 unspecified atom stereocenters. The molecule has 1 atom stereocenters. The van der Waals surface area contributed by atoms with Crippen molar-refractivity contribution in [2.45, 2.75) is 18.9 Å². The number of aryl methyl sites for hydroxylation is 1. The Labute approximate surface area is 116 Å². The molecule has 2 rings (SSSR count). The number of hydrogen-bond donors (Lipinski definition) is 1. The molecule has 1 nitrogen and oxygen atoms in total. The molecule has 0 aliphatic carbocycles. The molecule has 0 aliphatic rings. The molecule has 0 heterocycles. The van der Waals surface area contributed by atoms with Gasteiger partial charge in [-0.25, -0.2) is 0 Å². The van der Waals surface area contributed by atoms with Gasteiger partial charge < -0.3 is 5.73 Å². The maximum absolute atomic E-state index is 6.17. The summed E-state index contributed by atoms with van der Waals surface area (Å²) >= 11 is 2.32. The fourth-order valence-corrected chi connectivity index (χ4v) is 2.20. The second-order valence-electron chi connectivity index (χ2n) is 4.18. The molecule has 0 radical (unpaired) electrons. The van der Waals surface area contributed by atoms with E-state index in [1.54, 1.807) is 0 Å². The molecule has 88 valence electrons. The molecule has 17 heavy (non-hydrogen) atoms. The highest BCUT2D eigenvalue weighted by Gasteiger charge is 2.05. The van der Waals surface area contributed by atoms with Crippen molar-refractivity contribution in [3.63, 3.8) is 0 Å². The summed E-state index contributed by atoms with van der Waals surface area (Å²) < 4.78 is 1.28. The Bertz CT molecular complexity index is 450. The molecular formula is C15H16IN. The Morgan fingerprint density at radius 2 is 1.59 bits per heavy atom. The minimum absolute atomic E-state index is 0.135. The first-order chi connectivity index (χ1) is 8.25. The summed E-state index contributed by atoms with van der Waals surface area (Å²) in [7, 11) is 0. The summed E-state index contributed by atoms with van der Waals surface area (Å²) in [6.45, 7) is 0. The van der Waals surface area contributed by atoms with Crippen molar-refractivity contribution in [2.24, 2.45) is 5.73 Å². The van der Waals surface area contributed by atoms with Crippen LogP contribution in [0.25, 0.3) is 0 Å². The van der Waals surface area contributed by atoms with Gasteiger partial charge in [-0.2, -0.15) is 0 Å². The predicted octanol–water partition coefficient (Wildman–Crippen LogP) is 3.92. The van der Waals surface area contributed by atoms with Crippen LogP contribution in [0.15, 0.2) is 54.6 Å². The quantitative estimate of drug-likeness (QED) is 0.841. The van der Waals surface area contributed by atoms with Crippen molar-refractivity contribution in [1.29, 1.82) is 0 Å². The lowest BCUT2D eigenvalue weighted by Gasteiger charge is -2.11. The molecule has 0 bridgehead atoms. The van der Waals surface area contributed by atoms with Gasteiger partial charge in [0.05, 0.1) is 0 Å². The van der Waals surface area contributed by atoms with Crippen LogP contribution in [0.2, 0.25) is 0 Å². The van der Waals surface area contributed by atoms with E-state index < -0.39 is 0 Å². The Balaban J connectivity index is 1.92. The molecule has 2 aromatic carbocycles. The molecule has 0 fully saturated rings. The molecule has 2 N–H and O–H groups in total. The van der Waals surface area contributed by atoms with Crippen LogP contribution in [0.1, 0.15) is 23.6 Å². The number of nitrogens with two attached hydrogens (primary N) is 1. The average molecular weight is 337 g/mol. The van der Waals surface area contributed by atoms with E-state index >= 15 is 0 Å². The highest BCUT2D eigenvalue weighted by molar-refractivity contribution is 14.1. The van der Waals surface area contributed by atoms with Gasteiger partial charge in [0, 0.05) is 9.61 Å². The van der Waals surface area contributed by atoms with Crippen molar-refractivity contribution < 1.29 is 0 Å². The molecule has 0 aliphatic heterocycles. The van der Waals surface area contributed by atoms with Crippen molar-refractivity contribution in [1.82, 2.24) is 0 Å². The summed E-state index contributed by atoms with van der Waals surface area (Å²) in [5.74, 6) is 0. The number of halogens is 1. The van der Waals surface area contributed by atoms with Crippen LogP contribution < -0.4 is 5.73 Å². The molecule has 0 saturated heterocycles. The van der Waals surface area contributed by atoms with Crippen molar-refractivity contribution in [2.75, 3.05) is 0 Å².